The minimum absolute atomic E-state index is 0.175. The normalized spacial score (nSPS) is 12.5. The van der Waals surface area contributed by atoms with E-state index in [4.69, 9.17) is 23.2 Å². The third kappa shape index (κ3) is 4.10. The molecular formula is C23H21Cl2N5. The van der Waals surface area contributed by atoms with Gasteiger partial charge in [-0.25, -0.2) is 4.68 Å². The number of rotatable bonds is 6. The standard InChI is InChI=1S/C23H21Cl2N5/c1-29(2)22(19-14-13-18(24)15-20(19)25)23-26-27-28-30(23)21(16-9-5-3-6-10-16)17-11-7-4-8-12-17/h3-15,21-22H,1-2H3. The van der Waals surface area contributed by atoms with Gasteiger partial charge in [0.2, 0.25) is 0 Å². The van der Waals surface area contributed by atoms with E-state index in [9.17, 15) is 0 Å². The first-order valence-corrected chi connectivity index (χ1v) is 10.3. The van der Waals surface area contributed by atoms with Crippen molar-refractivity contribution in [3.05, 3.63) is 111 Å². The van der Waals surface area contributed by atoms with Crippen LogP contribution >= 0.6 is 23.2 Å². The van der Waals surface area contributed by atoms with Crippen molar-refractivity contribution < 1.29 is 0 Å². The summed E-state index contributed by atoms with van der Waals surface area (Å²) in [4.78, 5) is 2.05. The van der Waals surface area contributed by atoms with E-state index in [0.29, 0.717) is 15.9 Å². The molecule has 0 radical (unpaired) electrons. The van der Waals surface area contributed by atoms with Crippen LogP contribution < -0.4 is 0 Å². The third-order valence-electron chi connectivity index (χ3n) is 5.01. The van der Waals surface area contributed by atoms with Crippen molar-refractivity contribution in [2.75, 3.05) is 14.1 Å². The van der Waals surface area contributed by atoms with Gasteiger partial charge in [-0.1, -0.05) is 89.9 Å². The van der Waals surface area contributed by atoms with Crippen molar-refractivity contribution in [3.8, 4) is 0 Å². The van der Waals surface area contributed by atoms with Crippen molar-refractivity contribution in [3.63, 3.8) is 0 Å². The number of hydrogen-bond donors (Lipinski definition) is 0. The molecule has 0 N–H and O–H groups in total. The fourth-order valence-corrected chi connectivity index (χ4v) is 4.19. The van der Waals surface area contributed by atoms with E-state index in [1.807, 2.05) is 72.2 Å². The van der Waals surface area contributed by atoms with Crippen LogP contribution in [0.25, 0.3) is 0 Å². The molecule has 0 amide bonds. The topological polar surface area (TPSA) is 46.8 Å². The zero-order valence-electron chi connectivity index (χ0n) is 16.7. The zero-order valence-corrected chi connectivity index (χ0v) is 18.2. The minimum atomic E-state index is -0.250. The van der Waals surface area contributed by atoms with Crippen LogP contribution in [0.5, 0.6) is 0 Å². The van der Waals surface area contributed by atoms with Crippen LogP contribution in [-0.2, 0) is 0 Å². The van der Waals surface area contributed by atoms with Gasteiger partial charge in [-0.3, -0.25) is 4.90 Å². The molecular weight excluding hydrogens is 417 g/mol. The number of benzene rings is 3. The SMILES string of the molecule is CN(C)C(c1ccc(Cl)cc1Cl)c1nnnn1C(c1ccccc1)c1ccccc1. The van der Waals surface area contributed by atoms with Gasteiger partial charge in [0, 0.05) is 10.0 Å². The highest BCUT2D eigenvalue weighted by molar-refractivity contribution is 6.35. The van der Waals surface area contributed by atoms with E-state index >= 15 is 0 Å². The van der Waals surface area contributed by atoms with Gasteiger partial charge < -0.3 is 0 Å². The number of nitrogens with zero attached hydrogens (tertiary/aromatic N) is 5. The molecule has 152 valence electrons. The van der Waals surface area contributed by atoms with E-state index in [1.165, 1.54) is 0 Å². The van der Waals surface area contributed by atoms with Crippen LogP contribution in [-0.4, -0.2) is 39.2 Å². The Kier molecular flexibility index (Phi) is 6.13. The van der Waals surface area contributed by atoms with Crippen molar-refractivity contribution in [1.82, 2.24) is 25.1 Å². The highest BCUT2D eigenvalue weighted by Crippen LogP contribution is 2.35. The molecule has 0 aliphatic rings. The van der Waals surface area contributed by atoms with Gasteiger partial charge in [0.05, 0.1) is 6.04 Å². The second-order valence-electron chi connectivity index (χ2n) is 7.24. The Balaban J connectivity index is 1.89. The molecule has 0 aliphatic heterocycles. The molecule has 7 heteroatoms. The Hall–Kier alpha value is -2.73. The second kappa shape index (κ2) is 8.96. The molecule has 0 spiro atoms. The predicted molar refractivity (Wildman–Crippen MR) is 120 cm³/mol. The molecule has 1 atom stereocenters. The zero-order chi connectivity index (χ0) is 21.1. The maximum absolute atomic E-state index is 6.56. The molecule has 1 heterocycles. The Morgan fingerprint density at radius 2 is 1.43 bits per heavy atom. The molecule has 1 unspecified atom stereocenters. The molecule has 5 nitrogen and oxygen atoms in total. The van der Waals surface area contributed by atoms with Gasteiger partial charge in [0.15, 0.2) is 5.82 Å². The van der Waals surface area contributed by atoms with Gasteiger partial charge in [0.1, 0.15) is 6.04 Å². The average Bonchev–Trinajstić information content (AvgIpc) is 3.20. The van der Waals surface area contributed by atoms with Crippen LogP contribution in [0.2, 0.25) is 10.0 Å². The first kappa shape index (κ1) is 20.5. The lowest BCUT2D eigenvalue weighted by molar-refractivity contribution is 0.316. The monoisotopic (exact) mass is 437 g/mol. The molecule has 3 aromatic carbocycles. The molecule has 4 rings (SSSR count). The molecule has 0 aliphatic carbocycles. The van der Waals surface area contributed by atoms with Crippen LogP contribution in [0.15, 0.2) is 78.9 Å². The van der Waals surface area contributed by atoms with E-state index in [0.717, 1.165) is 16.7 Å². The highest BCUT2D eigenvalue weighted by atomic mass is 35.5. The van der Waals surface area contributed by atoms with Crippen molar-refractivity contribution in [1.29, 1.82) is 0 Å². The third-order valence-corrected chi connectivity index (χ3v) is 5.57. The fraction of sp³-hybridized carbons (Fsp3) is 0.174. The molecule has 4 aromatic rings. The van der Waals surface area contributed by atoms with Gasteiger partial charge in [0.25, 0.3) is 0 Å². The average molecular weight is 438 g/mol. The maximum Gasteiger partial charge on any atom is 0.174 e. The molecule has 0 fully saturated rings. The first-order chi connectivity index (χ1) is 14.6. The number of halogens is 2. The largest absolute Gasteiger partial charge is 0.296 e. The second-order valence-corrected chi connectivity index (χ2v) is 8.08. The Bertz CT molecular complexity index is 1070. The van der Waals surface area contributed by atoms with Gasteiger partial charge in [-0.2, -0.15) is 0 Å². The number of aromatic nitrogens is 4. The lowest BCUT2D eigenvalue weighted by Crippen LogP contribution is -2.27. The molecule has 0 saturated carbocycles. The van der Waals surface area contributed by atoms with E-state index in [-0.39, 0.29) is 12.1 Å². The van der Waals surface area contributed by atoms with Gasteiger partial charge >= 0.3 is 0 Å². The number of tetrazole rings is 1. The summed E-state index contributed by atoms with van der Waals surface area (Å²) in [5, 5.41) is 14.0. The van der Waals surface area contributed by atoms with Crippen LogP contribution in [0.1, 0.15) is 34.6 Å². The first-order valence-electron chi connectivity index (χ1n) is 9.55. The van der Waals surface area contributed by atoms with Crippen molar-refractivity contribution in [2.45, 2.75) is 12.1 Å². The molecule has 1 aromatic heterocycles. The Morgan fingerprint density at radius 1 is 0.833 bits per heavy atom. The highest BCUT2D eigenvalue weighted by Gasteiger charge is 2.29. The van der Waals surface area contributed by atoms with Gasteiger partial charge in [-0.05, 0) is 53.3 Å². The summed E-state index contributed by atoms with van der Waals surface area (Å²) in [6, 6.07) is 25.5. The van der Waals surface area contributed by atoms with Crippen molar-refractivity contribution in [2.24, 2.45) is 0 Å². The summed E-state index contributed by atoms with van der Waals surface area (Å²) in [6.45, 7) is 0. The Morgan fingerprint density at radius 3 is 1.97 bits per heavy atom. The molecule has 0 bridgehead atoms. The summed E-state index contributed by atoms with van der Waals surface area (Å²) in [6.07, 6.45) is 0. The van der Waals surface area contributed by atoms with E-state index < -0.39 is 0 Å². The molecule has 30 heavy (non-hydrogen) atoms. The Labute approximate surface area is 185 Å². The number of hydrogen-bond acceptors (Lipinski definition) is 4. The quantitative estimate of drug-likeness (QED) is 0.412. The van der Waals surface area contributed by atoms with E-state index in [1.54, 1.807) is 6.07 Å². The minimum Gasteiger partial charge on any atom is -0.296 e. The summed E-state index contributed by atoms with van der Waals surface area (Å²) >= 11 is 12.7. The summed E-state index contributed by atoms with van der Waals surface area (Å²) in [7, 11) is 3.96. The summed E-state index contributed by atoms with van der Waals surface area (Å²) < 4.78 is 1.88. The lowest BCUT2D eigenvalue weighted by atomic mass is 9.97. The summed E-state index contributed by atoms with van der Waals surface area (Å²) in [5.41, 5.74) is 3.08. The maximum atomic E-state index is 6.56. The van der Waals surface area contributed by atoms with Crippen molar-refractivity contribution >= 4 is 23.2 Å². The molecule has 0 saturated heterocycles. The van der Waals surface area contributed by atoms with Crippen LogP contribution in [0, 0.1) is 0 Å². The smallest absolute Gasteiger partial charge is 0.174 e. The summed E-state index contributed by atoms with van der Waals surface area (Å²) in [5.74, 6) is 0.696. The lowest BCUT2D eigenvalue weighted by Gasteiger charge is -2.27. The predicted octanol–water partition coefficient (Wildman–Crippen LogP) is 5.27. The van der Waals surface area contributed by atoms with Gasteiger partial charge in [-0.15, -0.1) is 5.10 Å². The fourth-order valence-electron chi connectivity index (χ4n) is 3.68. The van der Waals surface area contributed by atoms with Crippen LogP contribution in [0.3, 0.4) is 0 Å². The van der Waals surface area contributed by atoms with Crippen LogP contribution in [0.4, 0.5) is 0 Å². The van der Waals surface area contributed by atoms with E-state index in [2.05, 4.69) is 39.8 Å².